The Labute approximate surface area is 156 Å². The number of amides is 1. The van der Waals surface area contributed by atoms with Crippen molar-refractivity contribution in [3.05, 3.63) is 41.2 Å². The zero-order valence-electron chi connectivity index (χ0n) is 16.4. The lowest BCUT2D eigenvalue weighted by molar-refractivity contribution is 0.0948. The van der Waals surface area contributed by atoms with Crippen LogP contribution in [0.4, 0.5) is 17.3 Å². The van der Waals surface area contributed by atoms with E-state index in [1.807, 2.05) is 19.9 Å². The highest BCUT2D eigenvalue weighted by Gasteiger charge is 2.11. The second-order valence-corrected chi connectivity index (χ2v) is 6.27. The SMILES string of the molecule is CCCNC(=O)c1cc(C)nc(Nc2ccc(N(CC)CC)cc2C)n1. The number of aromatic nitrogens is 2. The van der Waals surface area contributed by atoms with Gasteiger partial charge in [-0.05, 0) is 63.9 Å². The number of carbonyl (C=O) groups is 1. The van der Waals surface area contributed by atoms with E-state index in [2.05, 4.69) is 58.4 Å². The molecule has 2 N–H and O–H groups in total. The number of benzene rings is 1. The van der Waals surface area contributed by atoms with Gasteiger partial charge in [0.2, 0.25) is 5.95 Å². The van der Waals surface area contributed by atoms with Crippen LogP contribution in [0.25, 0.3) is 0 Å². The van der Waals surface area contributed by atoms with Crippen LogP contribution < -0.4 is 15.5 Å². The van der Waals surface area contributed by atoms with Crippen LogP contribution in [-0.4, -0.2) is 35.5 Å². The summed E-state index contributed by atoms with van der Waals surface area (Å²) in [5.74, 6) is 0.263. The Kier molecular flexibility index (Phi) is 6.95. The van der Waals surface area contributed by atoms with Crippen LogP contribution in [0.15, 0.2) is 24.3 Å². The molecular weight excluding hydrogens is 326 g/mol. The van der Waals surface area contributed by atoms with E-state index in [0.29, 0.717) is 18.2 Å². The standard InChI is InChI=1S/C20H29N5O/c1-6-11-21-19(26)18-13-15(5)22-20(24-18)23-17-10-9-16(12-14(17)4)25(7-2)8-3/h9-10,12-13H,6-8,11H2,1-5H3,(H,21,26)(H,22,23,24). The van der Waals surface area contributed by atoms with Gasteiger partial charge in [0, 0.05) is 36.7 Å². The molecule has 1 amide bonds. The first-order chi connectivity index (χ1) is 12.5. The first-order valence-corrected chi connectivity index (χ1v) is 9.24. The van der Waals surface area contributed by atoms with Gasteiger partial charge in [0.25, 0.3) is 5.91 Å². The molecule has 1 heterocycles. The van der Waals surface area contributed by atoms with Gasteiger partial charge in [0.15, 0.2) is 0 Å². The van der Waals surface area contributed by atoms with E-state index in [9.17, 15) is 4.79 Å². The molecule has 6 heteroatoms. The highest BCUT2D eigenvalue weighted by Crippen LogP contribution is 2.24. The molecule has 140 valence electrons. The Morgan fingerprint density at radius 2 is 1.81 bits per heavy atom. The molecule has 0 radical (unpaired) electrons. The van der Waals surface area contributed by atoms with Crippen molar-refractivity contribution in [2.45, 2.75) is 41.0 Å². The minimum atomic E-state index is -0.172. The third kappa shape index (κ3) is 4.94. The summed E-state index contributed by atoms with van der Waals surface area (Å²) in [5.41, 5.74) is 4.37. The van der Waals surface area contributed by atoms with E-state index in [1.165, 1.54) is 5.69 Å². The van der Waals surface area contributed by atoms with Crippen molar-refractivity contribution < 1.29 is 4.79 Å². The number of hydrogen-bond acceptors (Lipinski definition) is 5. The summed E-state index contributed by atoms with van der Waals surface area (Å²) in [4.78, 5) is 23.3. The molecule has 1 aromatic carbocycles. The van der Waals surface area contributed by atoms with Gasteiger partial charge >= 0.3 is 0 Å². The molecular formula is C20H29N5O. The van der Waals surface area contributed by atoms with Gasteiger partial charge in [0.05, 0.1) is 0 Å². The maximum Gasteiger partial charge on any atom is 0.270 e. The Hall–Kier alpha value is -2.63. The zero-order chi connectivity index (χ0) is 19.1. The van der Waals surface area contributed by atoms with Gasteiger partial charge < -0.3 is 15.5 Å². The normalized spacial score (nSPS) is 10.5. The van der Waals surface area contributed by atoms with Gasteiger partial charge in [0.1, 0.15) is 5.69 Å². The van der Waals surface area contributed by atoms with E-state index in [-0.39, 0.29) is 5.91 Å². The van der Waals surface area contributed by atoms with Crippen LogP contribution in [0.5, 0.6) is 0 Å². The highest BCUT2D eigenvalue weighted by molar-refractivity contribution is 5.92. The summed E-state index contributed by atoms with van der Waals surface area (Å²) < 4.78 is 0. The Morgan fingerprint density at radius 1 is 1.08 bits per heavy atom. The number of aryl methyl sites for hydroxylation is 2. The molecule has 0 saturated heterocycles. The number of rotatable bonds is 8. The van der Waals surface area contributed by atoms with Crippen LogP contribution >= 0.6 is 0 Å². The lowest BCUT2D eigenvalue weighted by Gasteiger charge is -2.22. The summed E-state index contributed by atoms with van der Waals surface area (Å²) in [6, 6.07) is 7.98. The van der Waals surface area contributed by atoms with Gasteiger partial charge in [-0.2, -0.15) is 0 Å². The fourth-order valence-corrected chi connectivity index (χ4v) is 2.76. The monoisotopic (exact) mass is 355 g/mol. The van der Waals surface area contributed by atoms with Crippen LogP contribution in [0, 0.1) is 13.8 Å². The molecule has 0 saturated carbocycles. The van der Waals surface area contributed by atoms with Crippen molar-refractivity contribution >= 4 is 23.2 Å². The topological polar surface area (TPSA) is 70.2 Å². The highest BCUT2D eigenvalue weighted by atomic mass is 16.1. The fraction of sp³-hybridized carbons (Fsp3) is 0.450. The molecule has 26 heavy (non-hydrogen) atoms. The summed E-state index contributed by atoms with van der Waals surface area (Å²) in [6.07, 6.45) is 0.888. The second-order valence-electron chi connectivity index (χ2n) is 6.27. The summed E-state index contributed by atoms with van der Waals surface area (Å²) in [6.45, 7) is 12.8. The summed E-state index contributed by atoms with van der Waals surface area (Å²) >= 11 is 0. The van der Waals surface area contributed by atoms with Crippen LogP contribution in [0.3, 0.4) is 0 Å². The third-order valence-electron chi connectivity index (χ3n) is 4.21. The zero-order valence-corrected chi connectivity index (χ0v) is 16.4. The van der Waals surface area contributed by atoms with E-state index < -0.39 is 0 Å². The Balaban J connectivity index is 2.22. The lowest BCUT2D eigenvalue weighted by Crippen LogP contribution is -2.25. The van der Waals surface area contributed by atoms with E-state index in [0.717, 1.165) is 36.5 Å². The number of carbonyl (C=O) groups excluding carboxylic acids is 1. The average Bonchev–Trinajstić information content (AvgIpc) is 2.62. The minimum Gasteiger partial charge on any atom is -0.372 e. The molecule has 1 aromatic heterocycles. The molecule has 2 aromatic rings. The molecule has 0 atom stereocenters. The third-order valence-corrected chi connectivity index (χ3v) is 4.21. The maximum absolute atomic E-state index is 12.2. The van der Waals surface area contributed by atoms with Gasteiger partial charge in [-0.25, -0.2) is 9.97 Å². The number of nitrogens with one attached hydrogen (secondary N) is 2. The molecule has 0 aliphatic rings. The van der Waals surface area contributed by atoms with Crippen LogP contribution in [0.1, 0.15) is 48.9 Å². The van der Waals surface area contributed by atoms with Crippen molar-refractivity contribution in [3.8, 4) is 0 Å². The molecule has 0 aliphatic heterocycles. The Morgan fingerprint density at radius 3 is 2.42 bits per heavy atom. The number of nitrogens with zero attached hydrogens (tertiary/aromatic N) is 3. The first kappa shape index (κ1) is 19.7. The molecule has 2 rings (SSSR count). The largest absolute Gasteiger partial charge is 0.372 e. The van der Waals surface area contributed by atoms with Gasteiger partial charge in [-0.3, -0.25) is 4.79 Å². The molecule has 0 bridgehead atoms. The predicted molar refractivity (Wildman–Crippen MR) is 107 cm³/mol. The number of anilines is 3. The number of hydrogen-bond donors (Lipinski definition) is 2. The quantitative estimate of drug-likeness (QED) is 0.753. The van der Waals surface area contributed by atoms with Crippen molar-refractivity contribution in [1.29, 1.82) is 0 Å². The molecule has 0 unspecified atom stereocenters. The lowest BCUT2D eigenvalue weighted by atomic mass is 10.1. The molecule has 0 spiro atoms. The van der Waals surface area contributed by atoms with Crippen LogP contribution in [0.2, 0.25) is 0 Å². The molecule has 6 nitrogen and oxygen atoms in total. The minimum absolute atomic E-state index is 0.172. The molecule has 0 aliphatic carbocycles. The molecule has 0 fully saturated rings. The predicted octanol–water partition coefficient (Wildman–Crippen LogP) is 3.82. The van der Waals surface area contributed by atoms with Crippen molar-refractivity contribution in [2.24, 2.45) is 0 Å². The van der Waals surface area contributed by atoms with Crippen molar-refractivity contribution in [3.63, 3.8) is 0 Å². The average molecular weight is 355 g/mol. The van der Waals surface area contributed by atoms with Gasteiger partial charge in [-0.15, -0.1) is 0 Å². The van der Waals surface area contributed by atoms with E-state index in [1.54, 1.807) is 6.07 Å². The Bertz CT molecular complexity index is 756. The summed E-state index contributed by atoms with van der Waals surface area (Å²) in [7, 11) is 0. The van der Waals surface area contributed by atoms with Crippen molar-refractivity contribution in [2.75, 3.05) is 29.9 Å². The summed E-state index contributed by atoms with van der Waals surface area (Å²) in [5, 5.41) is 6.09. The first-order valence-electron chi connectivity index (χ1n) is 9.24. The van der Waals surface area contributed by atoms with E-state index in [4.69, 9.17) is 0 Å². The second kappa shape index (κ2) is 9.17. The van der Waals surface area contributed by atoms with Crippen LogP contribution in [-0.2, 0) is 0 Å². The van der Waals surface area contributed by atoms with Gasteiger partial charge in [-0.1, -0.05) is 6.92 Å². The smallest absolute Gasteiger partial charge is 0.270 e. The van der Waals surface area contributed by atoms with Crippen molar-refractivity contribution in [1.82, 2.24) is 15.3 Å². The fourth-order valence-electron chi connectivity index (χ4n) is 2.76. The maximum atomic E-state index is 12.2. The van der Waals surface area contributed by atoms with E-state index >= 15 is 0 Å².